The number of rotatable bonds is 4. The van der Waals surface area contributed by atoms with E-state index in [-0.39, 0.29) is 17.6 Å². The van der Waals surface area contributed by atoms with E-state index in [2.05, 4.69) is 16.0 Å². The van der Waals surface area contributed by atoms with E-state index < -0.39 is 0 Å². The number of fused-ring (bicyclic) bond motifs is 2. The molecule has 1 aliphatic carbocycles. The number of H-pyrrole nitrogens is 1. The van der Waals surface area contributed by atoms with Crippen LogP contribution in [0.25, 0.3) is 39.0 Å². The van der Waals surface area contributed by atoms with Gasteiger partial charge in [-0.15, -0.1) is 0 Å². The summed E-state index contributed by atoms with van der Waals surface area (Å²) >= 11 is 0. The lowest BCUT2D eigenvalue weighted by molar-refractivity contribution is -0.0935. The summed E-state index contributed by atoms with van der Waals surface area (Å²) in [6.07, 6.45) is 10.7. The summed E-state index contributed by atoms with van der Waals surface area (Å²) in [6.45, 7) is 3.78. The van der Waals surface area contributed by atoms with Gasteiger partial charge in [-0.05, 0) is 44.2 Å². The first kappa shape index (κ1) is 21.2. The van der Waals surface area contributed by atoms with Gasteiger partial charge in [0.2, 0.25) is 0 Å². The monoisotopic (exact) mass is 463 g/mol. The van der Waals surface area contributed by atoms with Gasteiger partial charge >= 0.3 is 5.69 Å². The minimum absolute atomic E-state index is 0.121. The fourth-order valence-corrected chi connectivity index (χ4v) is 5.08. The fourth-order valence-electron chi connectivity index (χ4n) is 5.08. The highest BCUT2D eigenvalue weighted by molar-refractivity contribution is 5.89. The zero-order valence-corrected chi connectivity index (χ0v) is 19.0. The number of nitrogens with one attached hydrogen (secondary N) is 1. The SMILES string of the molecule is Cc1c(-c2cnc3c(c2)n(C[C@H]2COCCO2)c(=O)n3C2=CCCCC2)cnc2[nH]cc(F)c12. The molecular formula is C25H26FN5O3. The van der Waals surface area contributed by atoms with Crippen LogP contribution in [0.3, 0.4) is 0 Å². The van der Waals surface area contributed by atoms with E-state index in [4.69, 9.17) is 14.5 Å². The number of hydrogen-bond donors (Lipinski definition) is 1. The maximum atomic E-state index is 14.4. The zero-order valence-electron chi connectivity index (χ0n) is 19.0. The fraction of sp³-hybridized carbons (Fsp3) is 0.400. The molecule has 1 saturated heterocycles. The molecule has 1 fully saturated rings. The van der Waals surface area contributed by atoms with Crippen molar-refractivity contribution in [3.63, 3.8) is 0 Å². The molecule has 0 saturated carbocycles. The Morgan fingerprint density at radius 2 is 2.15 bits per heavy atom. The van der Waals surface area contributed by atoms with Crippen LogP contribution in [0.15, 0.2) is 35.5 Å². The molecule has 1 atom stereocenters. The maximum absolute atomic E-state index is 14.4. The van der Waals surface area contributed by atoms with Gasteiger partial charge in [0.05, 0.1) is 43.4 Å². The highest BCUT2D eigenvalue weighted by Gasteiger charge is 2.24. The lowest BCUT2D eigenvalue weighted by atomic mass is 10.0. The molecule has 1 N–H and O–H groups in total. The number of ether oxygens (including phenoxy) is 2. The van der Waals surface area contributed by atoms with Crippen molar-refractivity contribution in [1.29, 1.82) is 0 Å². The van der Waals surface area contributed by atoms with Gasteiger partial charge in [-0.25, -0.2) is 23.7 Å². The maximum Gasteiger partial charge on any atom is 0.334 e. The molecule has 0 bridgehead atoms. The van der Waals surface area contributed by atoms with Crippen LogP contribution < -0.4 is 5.69 Å². The summed E-state index contributed by atoms with van der Waals surface area (Å²) in [4.78, 5) is 25.6. The molecule has 9 heteroatoms. The number of aromatic amines is 1. The van der Waals surface area contributed by atoms with Crippen molar-refractivity contribution in [2.45, 2.75) is 45.3 Å². The van der Waals surface area contributed by atoms with E-state index in [0.29, 0.717) is 43.0 Å². The first-order valence-electron chi connectivity index (χ1n) is 11.7. The molecule has 2 aliphatic rings. The lowest BCUT2D eigenvalue weighted by Crippen LogP contribution is -2.36. The van der Waals surface area contributed by atoms with E-state index in [0.717, 1.165) is 53.6 Å². The van der Waals surface area contributed by atoms with Crippen molar-refractivity contribution in [2.24, 2.45) is 0 Å². The van der Waals surface area contributed by atoms with E-state index in [1.54, 1.807) is 21.5 Å². The van der Waals surface area contributed by atoms with Crippen molar-refractivity contribution >= 4 is 27.9 Å². The quantitative estimate of drug-likeness (QED) is 0.494. The minimum Gasteiger partial charge on any atom is -0.376 e. The number of allylic oxidation sites excluding steroid dienone is 2. The van der Waals surface area contributed by atoms with Gasteiger partial charge in [0, 0.05) is 35.4 Å². The van der Waals surface area contributed by atoms with Crippen LogP contribution in [0.1, 0.15) is 31.2 Å². The van der Waals surface area contributed by atoms with Gasteiger partial charge in [-0.3, -0.25) is 4.57 Å². The molecule has 6 rings (SSSR count). The second kappa shape index (κ2) is 8.48. The lowest BCUT2D eigenvalue weighted by Gasteiger charge is -2.23. The number of imidazole rings is 1. The third kappa shape index (κ3) is 3.47. The van der Waals surface area contributed by atoms with Crippen molar-refractivity contribution in [1.82, 2.24) is 24.1 Å². The summed E-state index contributed by atoms with van der Waals surface area (Å²) in [5, 5.41) is 0.465. The van der Waals surface area contributed by atoms with E-state index in [1.165, 1.54) is 6.20 Å². The summed E-state index contributed by atoms with van der Waals surface area (Å²) in [5.74, 6) is -0.336. The molecule has 176 valence electrons. The van der Waals surface area contributed by atoms with Gasteiger partial charge in [-0.2, -0.15) is 0 Å². The van der Waals surface area contributed by atoms with E-state index in [9.17, 15) is 9.18 Å². The highest BCUT2D eigenvalue weighted by atomic mass is 19.1. The van der Waals surface area contributed by atoms with Crippen LogP contribution in [-0.2, 0) is 16.0 Å². The molecule has 4 aromatic rings. The van der Waals surface area contributed by atoms with Crippen LogP contribution in [0.5, 0.6) is 0 Å². The predicted molar refractivity (Wildman–Crippen MR) is 127 cm³/mol. The smallest absolute Gasteiger partial charge is 0.334 e. The third-order valence-corrected chi connectivity index (χ3v) is 6.82. The molecule has 0 unspecified atom stereocenters. The summed E-state index contributed by atoms with van der Waals surface area (Å²) in [6, 6.07) is 1.95. The molecule has 0 aromatic carbocycles. The second-order valence-corrected chi connectivity index (χ2v) is 8.96. The Morgan fingerprint density at radius 1 is 1.24 bits per heavy atom. The summed E-state index contributed by atoms with van der Waals surface area (Å²) in [5.41, 5.74) is 5.06. The number of nitrogens with zero attached hydrogens (tertiary/aromatic N) is 4. The Labute approximate surface area is 195 Å². The summed E-state index contributed by atoms with van der Waals surface area (Å²) in [7, 11) is 0. The molecule has 5 heterocycles. The first-order valence-corrected chi connectivity index (χ1v) is 11.7. The number of pyridine rings is 2. The molecule has 0 radical (unpaired) electrons. The topological polar surface area (TPSA) is 87.0 Å². The Morgan fingerprint density at radius 3 is 2.94 bits per heavy atom. The van der Waals surface area contributed by atoms with Crippen LogP contribution in [0.4, 0.5) is 4.39 Å². The molecule has 4 aromatic heterocycles. The van der Waals surface area contributed by atoms with Crippen LogP contribution in [0.2, 0.25) is 0 Å². The Balaban J connectivity index is 1.53. The average Bonchev–Trinajstić information content (AvgIpc) is 3.38. The molecule has 0 spiro atoms. The van der Waals surface area contributed by atoms with Gasteiger partial charge < -0.3 is 14.5 Å². The van der Waals surface area contributed by atoms with Crippen LogP contribution in [0, 0.1) is 12.7 Å². The average molecular weight is 464 g/mol. The van der Waals surface area contributed by atoms with Crippen molar-refractivity contribution in [2.75, 3.05) is 19.8 Å². The Kier molecular flexibility index (Phi) is 5.30. The van der Waals surface area contributed by atoms with Gasteiger partial charge in [0.25, 0.3) is 0 Å². The number of aromatic nitrogens is 5. The normalized spacial score (nSPS) is 19.1. The van der Waals surface area contributed by atoms with Crippen LogP contribution >= 0.6 is 0 Å². The van der Waals surface area contributed by atoms with E-state index in [1.807, 2.05) is 13.0 Å². The Bertz CT molecular complexity index is 1480. The third-order valence-electron chi connectivity index (χ3n) is 6.82. The predicted octanol–water partition coefficient (Wildman–Crippen LogP) is 4.02. The van der Waals surface area contributed by atoms with Gasteiger partial charge in [-0.1, -0.05) is 6.08 Å². The Hall–Kier alpha value is -3.30. The zero-order chi connectivity index (χ0) is 23.2. The molecule has 34 heavy (non-hydrogen) atoms. The standard InChI is InChI=1S/C25H26FN5O3/c1-15-19(11-27-23-22(15)20(26)12-28-23)16-9-21-24(29-10-16)31(17-5-3-2-4-6-17)25(32)30(21)13-18-14-33-7-8-34-18/h5,9-12,18H,2-4,6-8,13-14H2,1H3,(H,27,28)/t18-/m0/s1. The molecule has 1 aliphatic heterocycles. The van der Waals surface area contributed by atoms with Crippen molar-refractivity contribution < 1.29 is 13.9 Å². The highest BCUT2D eigenvalue weighted by Crippen LogP contribution is 2.31. The first-order chi connectivity index (χ1) is 16.6. The molecule has 8 nitrogen and oxygen atoms in total. The molecule has 0 amide bonds. The van der Waals surface area contributed by atoms with Crippen molar-refractivity contribution in [3.8, 4) is 11.1 Å². The second-order valence-electron chi connectivity index (χ2n) is 8.96. The van der Waals surface area contributed by atoms with E-state index >= 15 is 0 Å². The minimum atomic E-state index is -0.336. The summed E-state index contributed by atoms with van der Waals surface area (Å²) < 4.78 is 29.3. The number of hydrogen-bond acceptors (Lipinski definition) is 5. The number of halogens is 1. The largest absolute Gasteiger partial charge is 0.376 e. The molecular weight excluding hydrogens is 437 g/mol. The van der Waals surface area contributed by atoms with Crippen LogP contribution in [-0.4, -0.2) is 50.0 Å². The number of aryl methyl sites for hydroxylation is 1. The van der Waals surface area contributed by atoms with Gasteiger partial charge in [0.1, 0.15) is 11.5 Å². The van der Waals surface area contributed by atoms with Gasteiger partial charge in [0.15, 0.2) is 5.65 Å². The van der Waals surface area contributed by atoms with Crippen molar-refractivity contribution in [3.05, 3.63) is 52.6 Å².